The summed E-state index contributed by atoms with van der Waals surface area (Å²) in [5, 5.41) is 4.37. The molecule has 0 radical (unpaired) electrons. The van der Waals surface area contributed by atoms with Gasteiger partial charge < -0.3 is 15.0 Å². The Morgan fingerprint density at radius 2 is 1.94 bits per heavy atom. The minimum Gasteiger partial charge on any atom is -0.497 e. The van der Waals surface area contributed by atoms with E-state index in [4.69, 9.17) is 4.74 Å². The van der Waals surface area contributed by atoms with Crippen LogP contribution in [0.2, 0.25) is 0 Å². The number of benzene rings is 1. The Balaban J connectivity index is 1.22. The highest BCUT2D eigenvalue weighted by Crippen LogP contribution is 2.40. The van der Waals surface area contributed by atoms with Crippen molar-refractivity contribution >= 4 is 33.3 Å². The molecule has 1 N–H and O–H groups in total. The second kappa shape index (κ2) is 8.83. The van der Waals surface area contributed by atoms with E-state index in [2.05, 4.69) is 20.2 Å². The molecule has 162 valence electrons. The zero-order valence-electron chi connectivity index (χ0n) is 17.9. The number of thiophene rings is 1. The summed E-state index contributed by atoms with van der Waals surface area (Å²) in [5.41, 5.74) is 2.55. The van der Waals surface area contributed by atoms with Gasteiger partial charge in [0.05, 0.1) is 12.5 Å². The third kappa shape index (κ3) is 4.11. The fourth-order valence-electron chi connectivity index (χ4n) is 4.74. The van der Waals surface area contributed by atoms with Crippen LogP contribution in [0.5, 0.6) is 5.75 Å². The highest BCUT2D eigenvalue weighted by atomic mass is 32.1. The number of rotatable bonds is 5. The number of amides is 1. The summed E-state index contributed by atoms with van der Waals surface area (Å²) >= 11 is 1.84. The van der Waals surface area contributed by atoms with Gasteiger partial charge in [-0.1, -0.05) is 12.1 Å². The van der Waals surface area contributed by atoms with E-state index in [1.54, 1.807) is 13.4 Å². The fourth-order valence-corrected chi connectivity index (χ4v) is 5.97. The quantitative estimate of drug-likeness (QED) is 0.652. The Kier molecular flexibility index (Phi) is 5.76. The van der Waals surface area contributed by atoms with E-state index in [-0.39, 0.29) is 11.8 Å². The fraction of sp³-hybridized carbons (Fsp3) is 0.458. The summed E-state index contributed by atoms with van der Waals surface area (Å²) in [7, 11) is 1.66. The maximum Gasteiger partial charge on any atom is 0.223 e. The van der Waals surface area contributed by atoms with Crippen LogP contribution < -0.4 is 15.0 Å². The zero-order valence-corrected chi connectivity index (χ0v) is 18.7. The van der Waals surface area contributed by atoms with Crippen LogP contribution in [0.1, 0.15) is 41.7 Å². The number of nitrogens with one attached hydrogen (secondary N) is 1. The number of ether oxygens (including phenoxy) is 1. The number of piperidine rings is 1. The van der Waals surface area contributed by atoms with Gasteiger partial charge in [-0.2, -0.15) is 0 Å². The summed E-state index contributed by atoms with van der Waals surface area (Å²) in [6.07, 6.45) is 8.25. The van der Waals surface area contributed by atoms with E-state index in [0.717, 1.165) is 54.3 Å². The number of carbonyl (C=O) groups excluding carboxylic acids is 1. The van der Waals surface area contributed by atoms with Gasteiger partial charge >= 0.3 is 0 Å². The third-order valence-corrected chi connectivity index (χ3v) is 7.72. The zero-order chi connectivity index (χ0) is 21.2. The number of methoxy groups -OCH3 is 1. The van der Waals surface area contributed by atoms with E-state index < -0.39 is 0 Å². The molecular formula is C24H28N4O2S. The van der Waals surface area contributed by atoms with Crippen LogP contribution in [0.25, 0.3) is 10.2 Å². The summed E-state index contributed by atoms with van der Waals surface area (Å²) in [4.78, 5) is 26.9. The lowest BCUT2D eigenvalue weighted by molar-refractivity contribution is -0.125. The molecule has 3 aromatic rings. The molecule has 7 heteroatoms. The molecule has 1 fully saturated rings. The molecule has 1 saturated heterocycles. The number of aromatic nitrogens is 2. The molecule has 1 amide bonds. The maximum absolute atomic E-state index is 12.7. The summed E-state index contributed by atoms with van der Waals surface area (Å²) in [6, 6.07) is 7.82. The number of fused-ring (bicyclic) bond motifs is 3. The van der Waals surface area contributed by atoms with E-state index in [9.17, 15) is 4.79 Å². The van der Waals surface area contributed by atoms with Gasteiger partial charge in [0, 0.05) is 30.4 Å². The number of anilines is 1. The van der Waals surface area contributed by atoms with Crippen molar-refractivity contribution in [1.82, 2.24) is 15.3 Å². The Morgan fingerprint density at radius 1 is 1.16 bits per heavy atom. The summed E-state index contributed by atoms with van der Waals surface area (Å²) in [5.74, 6) is 2.11. The number of hydrogen-bond donors (Lipinski definition) is 1. The van der Waals surface area contributed by atoms with Gasteiger partial charge in [0.15, 0.2) is 0 Å². The van der Waals surface area contributed by atoms with E-state index >= 15 is 0 Å². The minimum absolute atomic E-state index is 0.0585. The molecule has 0 atom stereocenters. The molecule has 5 rings (SSSR count). The average molecular weight is 437 g/mol. The molecule has 3 heterocycles. The second-order valence-corrected chi connectivity index (χ2v) is 9.50. The molecular weight excluding hydrogens is 408 g/mol. The van der Waals surface area contributed by atoms with Crippen LogP contribution in [0.3, 0.4) is 0 Å². The smallest absolute Gasteiger partial charge is 0.223 e. The molecule has 1 aliphatic carbocycles. The first kappa shape index (κ1) is 20.2. The van der Waals surface area contributed by atoms with Crippen molar-refractivity contribution in [3.05, 3.63) is 46.6 Å². The van der Waals surface area contributed by atoms with Gasteiger partial charge in [-0.15, -0.1) is 11.3 Å². The molecule has 1 aromatic carbocycles. The van der Waals surface area contributed by atoms with Gasteiger partial charge in [-0.25, -0.2) is 9.97 Å². The maximum atomic E-state index is 12.7. The van der Waals surface area contributed by atoms with Crippen LogP contribution >= 0.6 is 11.3 Å². The van der Waals surface area contributed by atoms with E-state index in [1.807, 2.05) is 35.6 Å². The van der Waals surface area contributed by atoms with Crippen LogP contribution in [-0.2, 0) is 24.2 Å². The SMILES string of the molecule is COc1ccc(CNC(=O)C2CCN(c3ncnc4sc5c(c34)CCCC5)CC2)cc1. The molecule has 0 bridgehead atoms. The van der Waals surface area contributed by atoms with Crippen LogP contribution in [0.4, 0.5) is 5.82 Å². The molecule has 0 saturated carbocycles. The highest BCUT2D eigenvalue weighted by molar-refractivity contribution is 7.19. The lowest BCUT2D eigenvalue weighted by atomic mass is 9.94. The molecule has 0 unspecified atom stereocenters. The largest absolute Gasteiger partial charge is 0.497 e. The van der Waals surface area contributed by atoms with Gasteiger partial charge in [0.2, 0.25) is 5.91 Å². The molecule has 0 spiro atoms. The number of hydrogen-bond acceptors (Lipinski definition) is 6. The summed E-state index contributed by atoms with van der Waals surface area (Å²) < 4.78 is 5.19. The topological polar surface area (TPSA) is 67.3 Å². The van der Waals surface area contributed by atoms with Crippen molar-refractivity contribution in [1.29, 1.82) is 0 Å². The Bertz CT molecular complexity index is 1070. The van der Waals surface area contributed by atoms with Crippen molar-refractivity contribution in [2.24, 2.45) is 5.92 Å². The van der Waals surface area contributed by atoms with Gasteiger partial charge in [-0.05, 0) is 61.8 Å². The van der Waals surface area contributed by atoms with Crippen molar-refractivity contribution in [2.45, 2.75) is 45.1 Å². The van der Waals surface area contributed by atoms with Crippen molar-refractivity contribution in [2.75, 3.05) is 25.1 Å². The first-order valence-corrected chi connectivity index (χ1v) is 12.0. The number of nitrogens with zero attached hydrogens (tertiary/aromatic N) is 3. The predicted octanol–water partition coefficient (Wildman–Crippen LogP) is 4.11. The molecule has 31 heavy (non-hydrogen) atoms. The lowest BCUT2D eigenvalue weighted by Gasteiger charge is -2.32. The lowest BCUT2D eigenvalue weighted by Crippen LogP contribution is -2.40. The first-order valence-electron chi connectivity index (χ1n) is 11.1. The van der Waals surface area contributed by atoms with Crippen LogP contribution in [0.15, 0.2) is 30.6 Å². The van der Waals surface area contributed by atoms with E-state index in [0.29, 0.717) is 6.54 Å². The third-order valence-electron chi connectivity index (χ3n) is 6.52. The molecule has 2 aromatic heterocycles. The summed E-state index contributed by atoms with van der Waals surface area (Å²) in [6.45, 7) is 2.27. The second-order valence-electron chi connectivity index (χ2n) is 8.42. The molecule has 1 aliphatic heterocycles. The number of aryl methyl sites for hydroxylation is 2. The Labute approximate surface area is 186 Å². The van der Waals surface area contributed by atoms with Gasteiger partial charge in [0.1, 0.15) is 22.7 Å². The van der Waals surface area contributed by atoms with E-state index in [1.165, 1.54) is 35.1 Å². The van der Waals surface area contributed by atoms with Gasteiger partial charge in [-0.3, -0.25) is 4.79 Å². The average Bonchev–Trinajstić information content (AvgIpc) is 3.22. The first-order chi connectivity index (χ1) is 15.2. The Hall–Kier alpha value is -2.67. The Morgan fingerprint density at radius 3 is 2.71 bits per heavy atom. The van der Waals surface area contributed by atoms with Crippen molar-refractivity contribution < 1.29 is 9.53 Å². The van der Waals surface area contributed by atoms with Crippen molar-refractivity contribution in [3.8, 4) is 5.75 Å². The van der Waals surface area contributed by atoms with Crippen LogP contribution in [-0.4, -0.2) is 36.1 Å². The molecule has 2 aliphatic rings. The van der Waals surface area contributed by atoms with Gasteiger partial charge in [0.25, 0.3) is 0 Å². The number of carbonyl (C=O) groups is 1. The monoisotopic (exact) mass is 436 g/mol. The van der Waals surface area contributed by atoms with Crippen molar-refractivity contribution in [3.63, 3.8) is 0 Å². The standard InChI is InChI=1S/C24H28N4O2S/c1-30-18-8-6-16(7-9-18)14-25-23(29)17-10-12-28(13-11-17)22-21-19-4-2-3-5-20(19)31-24(21)27-15-26-22/h6-9,15,17H,2-5,10-14H2,1H3,(H,25,29). The minimum atomic E-state index is 0.0585. The normalized spacial score (nSPS) is 16.9. The molecule has 6 nitrogen and oxygen atoms in total. The van der Waals surface area contributed by atoms with Crippen LogP contribution in [0, 0.1) is 5.92 Å². The predicted molar refractivity (Wildman–Crippen MR) is 124 cm³/mol. The highest BCUT2D eigenvalue weighted by Gasteiger charge is 2.28.